The molecule has 4 aromatic rings. The van der Waals surface area contributed by atoms with Crippen molar-refractivity contribution in [2.24, 2.45) is 7.05 Å². The van der Waals surface area contributed by atoms with Crippen LogP contribution in [0.5, 0.6) is 11.5 Å². The second kappa shape index (κ2) is 9.28. The number of rotatable bonds is 7. The summed E-state index contributed by atoms with van der Waals surface area (Å²) in [5.74, 6) is 2.00. The minimum Gasteiger partial charge on any atom is -0.457 e. The molecule has 0 saturated heterocycles. The maximum atomic E-state index is 12.5. The van der Waals surface area contributed by atoms with E-state index in [-0.39, 0.29) is 5.56 Å². The van der Waals surface area contributed by atoms with Crippen LogP contribution in [0.2, 0.25) is 5.02 Å². The standard InChI is InChI=1S/C24H24ClN5O2/c1-16-10-21(8-9-22(16)25)32-20-6-4-17(5-7-20)14-29(2)24-26-13-19(23(31)28-24)11-18-12-27-30(3)15-18/h4-10,12-13,15H,11,14H2,1-3H3,(H,26,28,31). The van der Waals surface area contributed by atoms with Gasteiger partial charge in [-0.3, -0.25) is 9.48 Å². The van der Waals surface area contributed by atoms with Crippen molar-refractivity contribution < 1.29 is 4.74 Å². The zero-order chi connectivity index (χ0) is 22.7. The van der Waals surface area contributed by atoms with Crippen LogP contribution in [0, 0.1) is 6.92 Å². The van der Waals surface area contributed by atoms with Crippen molar-refractivity contribution in [3.05, 3.63) is 98.7 Å². The Morgan fingerprint density at radius 1 is 1.12 bits per heavy atom. The molecule has 0 spiro atoms. The van der Waals surface area contributed by atoms with Crippen molar-refractivity contribution in [1.29, 1.82) is 0 Å². The summed E-state index contributed by atoms with van der Waals surface area (Å²) < 4.78 is 7.61. The summed E-state index contributed by atoms with van der Waals surface area (Å²) in [6.07, 6.45) is 5.86. The molecule has 0 amide bonds. The van der Waals surface area contributed by atoms with Crippen molar-refractivity contribution in [1.82, 2.24) is 19.7 Å². The summed E-state index contributed by atoms with van der Waals surface area (Å²) in [6.45, 7) is 2.53. The van der Waals surface area contributed by atoms with E-state index in [0.717, 1.165) is 28.2 Å². The Hall–Kier alpha value is -3.58. The van der Waals surface area contributed by atoms with Crippen molar-refractivity contribution in [2.75, 3.05) is 11.9 Å². The van der Waals surface area contributed by atoms with E-state index >= 15 is 0 Å². The Kier molecular flexibility index (Phi) is 6.28. The molecule has 32 heavy (non-hydrogen) atoms. The van der Waals surface area contributed by atoms with Crippen LogP contribution < -0.4 is 15.2 Å². The topological polar surface area (TPSA) is 76.0 Å². The molecule has 0 atom stereocenters. The quantitative estimate of drug-likeness (QED) is 0.450. The van der Waals surface area contributed by atoms with Gasteiger partial charge in [0.2, 0.25) is 5.95 Å². The summed E-state index contributed by atoms with van der Waals surface area (Å²) in [6, 6.07) is 13.4. The molecule has 0 radical (unpaired) electrons. The molecule has 0 aliphatic carbocycles. The number of hydrogen-bond acceptors (Lipinski definition) is 5. The van der Waals surface area contributed by atoms with Crippen molar-refractivity contribution in [2.45, 2.75) is 19.9 Å². The molecule has 0 aliphatic rings. The predicted molar refractivity (Wildman–Crippen MR) is 126 cm³/mol. The smallest absolute Gasteiger partial charge is 0.277 e. The normalized spacial score (nSPS) is 10.9. The largest absolute Gasteiger partial charge is 0.457 e. The van der Waals surface area contributed by atoms with Gasteiger partial charge in [0, 0.05) is 50.0 Å². The number of aryl methyl sites for hydroxylation is 2. The van der Waals surface area contributed by atoms with Gasteiger partial charge in [0.15, 0.2) is 0 Å². The number of aromatic amines is 1. The van der Waals surface area contributed by atoms with Gasteiger partial charge in [0.25, 0.3) is 5.56 Å². The van der Waals surface area contributed by atoms with Gasteiger partial charge in [-0.2, -0.15) is 10.1 Å². The number of benzene rings is 2. The molecule has 2 heterocycles. The fraction of sp³-hybridized carbons (Fsp3) is 0.208. The molecule has 8 heteroatoms. The number of ether oxygens (including phenoxy) is 1. The first-order valence-corrected chi connectivity index (χ1v) is 10.6. The fourth-order valence-corrected chi connectivity index (χ4v) is 3.46. The highest BCUT2D eigenvalue weighted by Gasteiger charge is 2.10. The lowest BCUT2D eigenvalue weighted by atomic mass is 10.1. The monoisotopic (exact) mass is 449 g/mol. The van der Waals surface area contributed by atoms with Gasteiger partial charge in [-0.1, -0.05) is 23.7 Å². The molecule has 0 bridgehead atoms. The Morgan fingerprint density at radius 2 is 1.88 bits per heavy atom. The summed E-state index contributed by atoms with van der Waals surface area (Å²) in [7, 11) is 3.74. The second-order valence-electron chi connectivity index (χ2n) is 7.77. The Balaban J connectivity index is 1.39. The zero-order valence-electron chi connectivity index (χ0n) is 18.2. The molecule has 0 fully saturated rings. The van der Waals surface area contributed by atoms with Crippen LogP contribution in [0.4, 0.5) is 5.95 Å². The number of nitrogens with zero attached hydrogens (tertiary/aromatic N) is 4. The van der Waals surface area contributed by atoms with E-state index in [4.69, 9.17) is 16.3 Å². The molecule has 4 rings (SSSR count). The highest BCUT2D eigenvalue weighted by molar-refractivity contribution is 6.31. The van der Waals surface area contributed by atoms with Crippen LogP contribution in [0.3, 0.4) is 0 Å². The minimum atomic E-state index is -0.239. The van der Waals surface area contributed by atoms with Crippen molar-refractivity contribution in [3.8, 4) is 11.5 Å². The van der Waals surface area contributed by atoms with Gasteiger partial charge in [-0.15, -0.1) is 0 Å². The maximum Gasteiger partial charge on any atom is 0.277 e. The molecule has 0 saturated carbocycles. The first kappa shape index (κ1) is 21.6. The first-order chi connectivity index (χ1) is 15.4. The second-order valence-corrected chi connectivity index (χ2v) is 8.17. The molecule has 2 aromatic heterocycles. The van der Waals surface area contributed by atoms with Crippen LogP contribution in [0.25, 0.3) is 0 Å². The Morgan fingerprint density at radius 3 is 2.53 bits per heavy atom. The molecule has 2 aromatic carbocycles. The minimum absolute atomic E-state index is 0.239. The first-order valence-electron chi connectivity index (χ1n) is 10.2. The lowest BCUT2D eigenvalue weighted by molar-refractivity contribution is 0.482. The highest BCUT2D eigenvalue weighted by atomic mass is 35.5. The van der Waals surface area contributed by atoms with Gasteiger partial charge in [-0.05, 0) is 53.9 Å². The lowest BCUT2D eigenvalue weighted by Gasteiger charge is -2.18. The van der Waals surface area contributed by atoms with Crippen LogP contribution in [-0.4, -0.2) is 26.8 Å². The molecule has 0 unspecified atom stereocenters. The number of H-pyrrole nitrogens is 1. The van der Waals surface area contributed by atoms with E-state index in [2.05, 4.69) is 15.1 Å². The van der Waals surface area contributed by atoms with E-state index in [1.807, 2.05) is 74.6 Å². The molecule has 7 nitrogen and oxygen atoms in total. The number of aromatic nitrogens is 4. The van der Waals surface area contributed by atoms with Gasteiger partial charge in [0.05, 0.1) is 6.20 Å². The number of hydrogen-bond donors (Lipinski definition) is 1. The maximum absolute atomic E-state index is 12.5. The van der Waals surface area contributed by atoms with E-state index < -0.39 is 0 Å². The van der Waals surface area contributed by atoms with E-state index in [1.54, 1.807) is 17.1 Å². The average Bonchev–Trinajstić information content (AvgIpc) is 3.18. The summed E-state index contributed by atoms with van der Waals surface area (Å²) in [5, 5.41) is 4.85. The van der Waals surface area contributed by atoms with Gasteiger partial charge < -0.3 is 14.6 Å². The third kappa shape index (κ3) is 5.18. The summed E-state index contributed by atoms with van der Waals surface area (Å²) >= 11 is 6.07. The highest BCUT2D eigenvalue weighted by Crippen LogP contribution is 2.26. The SMILES string of the molecule is Cc1cc(Oc2ccc(CN(C)c3nc(=O)c(Cc4cnn(C)c4)c[nH]3)cc2)ccc1Cl. The van der Waals surface area contributed by atoms with Crippen molar-refractivity contribution >= 4 is 17.5 Å². The third-order valence-corrected chi connectivity index (χ3v) is 5.50. The average molecular weight is 450 g/mol. The van der Waals surface area contributed by atoms with Crippen LogP contribution in [-0.2, 0) is 20.0 Å². The molecular weight excluding hydrogens is 426 g/mol. The lowest BCUT2D eigenvalue weighted by Crippen LogP contribution is -2.24. The summed E-state index contributed by atoms with van der Waals surface area (Å²) in [5.41, 5.74) is 3.37. The van der Waals surface area contributed by atoms with E-state index in [1.165, 1.54) is 0 Å². The predicted octanol–water partition coefficient (Wildman–Crippen LogP) is 4.48. The molecular formula is C24H24ClN5O2. The van der Waals surface area contributed by atoms with Crippen LogP contribution in [0.15, 0.2) is 65.8 Å². The molecule has 0 aliphatic heterocycles. The van der Waals surface area contributed by atoms with Gasteiger partial charge in [0.1, 0.15) is 11.5 Å². The van der Waals surface area contributed by atoms with E-state index in [9.17, 15) is 4.79 Å². The number of anilines is 1. The van der Waals surface area contributed by atoms with Gasteiger partial charge >= 0.3 is 0 Å². The Labute approximate surface area is 191 Å². The number of nitrogens with one attached hydrogen (secondary N) is 1. The summed E-state index contributed by atoms with van der Waals surface area (Å²) in [4.78, 5) is 21.7. The molecule has 164 valence electrons. The van der Waals surface area contributed by atoms with E-state index in [0.29, 0.717) is 29.5 Å². The zero-order valence-corrected chi connectivity index (χ0v) is 18.9. The number of halogens is 1. The Bertz CT molecular complexity index is 1280. The van der Waals surface area contributed by atoms with Crippen molar-refractivity contribution in [3.63, 3.8) is 0 Å². The van der Waals surface area contributed by atoms with Crippen LogP contribution in [0.1, 0.15) is 22.3 Å². The van der Waals surface area contributed by atoms with Crippen LogP contribution >= 0.6 is 11.6 Å². The van der Waals surface area contributed by atoms with Gasteiger partial charge in [-0.25, -0.2) is 0 Å². The fourth-order valence-electron chi connectivity index (χ4n) is 3.35. The molecule has 1 N–H and O–H groups in total. The third-order valence-electron chi connectivity index (χ3n) is 5.08.